The Hall–Kier alpha value is -3.49. The number of carbonyl (C=O) groups is 1. The number of rotatable bonds is 5. The minimum Gasteiger partial charge on any atom is -0.359 e. The lowest BCUT2D eigenvalue weighted by Crippen LogP contribution is -2.51. The number of halogens is 1. The molecule has 9 heteroatoms. The van der Waals surface area contributed by atoms with Crippen molar-refractivity contribution >= 4 is 11.8 Å². The van der Waals surface area contributed by atoms with Crippen LogP contribution in [0.4, 0.5) is 15.0 Å². The Bertz CT molecular complexity index is 996. The fourth-order valence-corrected chi connectivity index (χ4v) is 3.57. The maximum absolute atomic E-state index is 13.4. The van der Waals surface area contributed by atoms with Crippen LogP contribution in [-0.2, 0) is 6.54 Å². The van der Waals surface area contributed by atoms with Crippen molar-refractivity contribution in [3.8, 4) is 11.3 Å². The summed E-state index contributed by atoms with van der Waals surface area (Å²) in [5.41, 5.74) is 1.15. The van der Waals surface area contributed by atoms with Crippen molar-refractivity contribution < 1.29 is 13.7 Å². The Balaban J connectivity index is 1.33. The van der Waals surface area contributed by atoms with Gasteiger partial charge in [0.25, 0.3) is 0 Å². The summed E-state index contributed by atoms with van der Waals surface area (Å²) in [7, 11) is 1.79. The Morgan fingerprint density at radius 1 is 1.33 bits per heavy atom. The van der Waals surface area contributed by atoms with Gasteiger partial charge in [0.2, 0.25) is 0 Å². The van der Waals surface area contributed by atoms with Crippen molar-refractivity contribution in [2.24, 2.45) is 0 Å². The van der Waals surface area contributed by atoms with Gasteiger partial charge >= 0.3 is 6.03 Å². The van der Waals surface area contributed by atoms with E-state index in [9.17, 15) is 9.18 Å². The molecule has 3 heterocycles. The summed E-state index contributed by atoms with van der Waals surface area (Å²) in [5, 5.41) is 14.9. The second-order valence-electron chi connectivity index (χ2n) is 7.28. The van der Waals surface area contributed by atoms with Crippen LogP contribution in [0.3, 0.4) is 0 Å². The number of anilines is 1. The van der Waals surface area contributed by atoms with E-state index in [1.54, 1.807) is 36.3 Å². The highest BCUT2D eigenvalue weighted by Crippen LogP contribution is 2.21. The molecule has 0 spiro atoms. The van der Waals surface area contributed by atoms with Gasteiger partial charge in [-0.05, 0) is 37.1 Å². The van der Waals surface area contributed by atoms with Crippen molar-refractivity contribution in [2.45, 2.75) is 25.4 Å². The summed E-state index contributed by atoms with van der Waals surface area (Å²) in [4.78, 5) is 16.5. The maximum atomic E-state index is 13.4. The minimum absolute atomic E-state index is 0.0679. The number of likely N-dealkylation sites (N-methyl/N-ethyl adjacent to an activating group) is 1. The number of benzene rings is 1. The average molecular weight is 410 g/mol. The largest absolute Gasteiger partial charge is 0.359 e. The number of amides is 2. The van der Waals surface area contributed by atoms with Crippen LogP contribution in [0.15, 0.2) is 53.2 Å². The Kier molecular flexibility index (Phi) is 5.87. The van der Waals surface area contributed by atoms with Crippen LogP contribution in [0, 0.1) is 5.82 Å². The van der Waals surface area contributed by atoms with E-state index >= 15 is 0 Å². The van der Waals surface area contributed by atoms with E-state index in [1.165, 1.54) is 12.1 Å². The van der Waals surface area contributed by atoms with Crippen LogP contribution in [0.25, 0.3) is 11.3 Å². The van der Waals surface area contributed by atoms with Gasteiger partial charge in [0.15, 0.2) is 11.6 Å². The van der Waals surface area contributed by atoms with E-state index in [1.807, 2.05) is 12.1 Å². The molecule has 156 valence electrons. The van der Waals surface area contributed by atoms with E-state index in [0.29, 0.717) is 23.6 Å². The highest BCUT2D eigenvalue weighted by Gasteiger charge is 2.27. The van der Waals surface area contributed by atoms with Gasteiger partial charge in [-0.3, -0.25) is 0 Å². The number of aromatic nitrogens is 3. The summed E-state index contributed by atoms with van der Waals surface area (Å²) >= 11 is 0. The third-order valence-electron chi connectivity index (χ3n) is 5.24. The zero-order chi connectivity index (χ0) is 20.9. The predicted octanol–water partition coefficient (Wildman–Crippen LogP) is 3.08. The molecule has 0 bridgehead atoms. The Labute approximate surface area is 173 Å². The molecule has 3 aromatic rings. The van der Waals surface area contributed by atoms with Gasteiger partial charge in [-0.15, -0.1) is 5.10 Å². The number of piperidine rings is 1. The molecule has 1 aromatic carbocycles. The zero-order valence-corrected chi connectivity index (χ0v) is 16.7. The maximum Gasteiger partial charge on any atom is 0.317 e. The minimum atomic E-state index is -0.338. The van der Waals surface area contributed by atoms with Gasteiger partial charge in [0.05, 0.1) is 12.6 Å². The van der Waals surface area contributed by atoms with E-state index in [4.69, 9.17) is 4.52 Å². The van der Waals surface area contributed by atoms with Crippen LogP contribution in [0.2, 0.25) is 0 Å². The second-order valence-corrected chi connectivity index (χ2v) is 7.28. The topological polar surface area (TPSA) is 87.4 Å². The van der Waals surface area contributed by atoms with Gasteiger partial charge in [-0.25, -0.2) is 9.18 Å². The first-order chi connectivity index (χ1) is 14.6. The lowest BCUT2D eigenvalue weighted by Gasteiger charge is -2.37. The molecule has 0 saturated carbocycles. The van der Waals surface area contributed by atoms with Gasteiger partial charge in [-0.1, -0.05) is 17.3 Å². The molecule has 1 aliphatic heterocycles. The van der Waals surface area contributed by atoms with E-state index < -0.39 is 0 Å². The molecule has 1 atom stereocenters. The Morgan fingerprint density at radius 2 is 2.23 bits per heavy atom. The third kappa shape index (κ3) is 4.56. The van der Waals surface area contributed by atoms with Crippen LogP contribution in [0.5, 0.6) is 0 Å². The monoisotopic (exact) mass is 410 g/mol. The predicted molar refractivity (Wildman–Crippen MR) is 109 cm³/mol. The van der Waals surface area contributed by atoms with Gasteiger partial charge in [0, 0.05) is 38.0 Å². The molecule has 0 aliphatic carbocycles. The molecule has 8 nitrogen and oxygen atoms in total. The first kappa shape index (κ1) is 19.8. The van der Waals surface area contributed by atoms with Crippen molar-refractivity contribution in [3.63, 3.8) is 0 Å². The summed E-state index contributed by atoms with van der Waals surface area (Å²) in [5.74, 6) is 0.985. The molecule has 0 unspecified atom stereocenters. The van der Waals surface area contributed by atoms with Crippen LogP contribution >= 0.6 is 0 Å². The Morgan fingerprint density at radius 3 is 3.03 bits per heavy atom. The number of hydrogen-bond donors (Lipinski definition) is 1. The molecule has 30 heavy (non-hydrogen) atoms. The summed E-state index contributed by atoms with van der Waals surface area (Å²) in [6.45, 7) is 1.80. The molecule has 1 aliphatic rings. The molecule has 2 aromatic heterocycles. The van der Waals surface area contributed by atoms with Crippen molar-refractivity contribution in [1.82, 2.24) is 25.6 Å². The third-order valence-corrected chi connectivity index (χ3v) is 5.24. The van der Waals surface area contributed by atoms with E-state index in [0.717, 1.165) is 25.2 Å². The molecule has 2 amide bonds. The summed E-state index contributed by atoms with van der Waals surface area (Å²) < 4.78 is 18.7. The molecule has 1 fully saturated rings. The highest BCUT2D eigenvalue weighted by atomic mass is 19.1. The van der Waals surface area contributed by atoms with E-state index in [2.05, 4.69) is 25.6 Å². The molecule has 4 rings (SSSR count). The highest BCUT2D eigenvalue weighted by molar-refractivity contribution is 5.74. The summed E-state index contributed by atoms with van der Waals surface area (Å²) in [6, 6.07) is 11.5. The average Bonchev–Trinajstić information content (AvgIpc) is 3.27. The first-order valence-electron chi connectivity index (χ1n) is 9.85. The lowest BCUT2D eigenvalue weighted by molar-refractivity contribution is 0.181. The van der Waals surface area contributed by atoms with Gasteiger partial charge < -0.3 is 19.6 Å². The quantitative estimate of drug-likeness (QED) is 0.696. The second kappa shape index (κ2) is 8.89. The van der Waals surface area contributed by atoms with Gasteiger partial charge in [-0.2, -0.15) is 5.10 Å². The smallest absolute Gasteiger partial charge is 0.317 e. The van der Waals surface area contributed by atoms with E-state index in [-0.39, 0.29) is 24.4 Å². The van der Waals surface area contributed by atoms with Gasteiger partial charge in [0.1, 0.15) is 11.5 Å². The fraction of sp³-hybridized carbons (Fsp3) is 0.333. The summed E-state index contributed by atoms with van der Waals surface area (Å²) in [6.07, 6.45) is 3.54. The normalized spacial score (nSPS) is 16.3. The van der Waals surface area contributed by atoms with Crippen molar-refractivity contribution in [1.29, 1.82) is 0 Å². The van der Waals surface area contributed by atoms with Crippen molar-refractivity contribution in [3.05, 3.63) is 60.2 Å². The first-order valence-corrected chi connectivity index (χ1v) is 9.85. The number of hydrogen-bond acceptors (Lipinski definition) is 6. The molecule has 1 N–H and O–H groups in total. The lowest BCUT2D eigenvalue weighted by atomic mass is 10.0. The fourth-order valence-electron chi connectivity index (χ4n) is 3.57. The molecule has 1 saturated heterocycles. The SMILES string of the molecule is CN(C(=O)NCc1cc(-c2cccc(F)c2)no1)[C@@H]1CCCN(c2cccnn2)C1. The number of nitrogens with one attached hydrogen (secondary N) is 1. The molecular weight excluding hydrogens is 387 g/mol. The van der Waals surface area contributed by atoms with Crippen LogP contribution < -0.4 is 10.2 Å². The standard InChI is InChI=1S/C21H23FN6O2/c1-27(17-7-4-10-28(14-17)20-8-3-9-24-25-20)21(29)23-13-18-12-19(26-30-18)15-5-2-6-16(22)11-15/h2-3,5-6,8-9,11-12,17H,4,7,10,13-14H2,1H3,(H,23,29)/t17-/m1/s1. The number of carbonyl (C=O) groups excluding carboxylic acids is 1. The van der Waals surface area contributed by atoms with Crippen LogP contribution in [0.1, 0.15) is 18.6 Å². The van der Waals surface area contributed by atoms with Crippen LogP contribution in [-0.4, -0.2) is 52.5 Å². The number of urea groups is 1. The molecular formula is C21H23FN6O2. The van der Waals surface area contributed by atoms with Crippen molar-refractivity contribution in [2.75, 3.05) is 25.0 Å². The number of nitrogens with zero attached hydrogens (tertiary/aromatic N) is 5. The zero-order valence-electron chi connectivity index (χ0n) is 16.7. The molecule has 0 radical (unpaired) electrons.